The molecule has 0 unspecified atom stereocenters. The fourth-order valence-electron chi connectivity index (χ4n) is 0.884. The van der Waals surface area contributed by atoms with Gasteiger partial charge in [-0.05, 0) is 29.8 Å². The van der Waals surface area contributed by atoms with Gasteiger partial charge in [0.05, 0.1) is 18.7 Å². The second-order valence-corrected chi connectivity index (χ2v) is 2.24. The summed E-state index contributed by atoms with van der Waals surface area (Å²) in [5.41, 5.74) is 1.33. The Labute approximate surface area is 71.7 Å². The zero-order valence-corrected chi connectivity index (χ0v) is 6.79. The van der Waals surface area contributed by atoms with Gasteiger partial charge in [0.15, 0.2) is 0 Å². The van der Waals surface area contributed by atoms with E-state index in [0.29, 0.717) is 11.3 Å². The molecule has 0 amide bonds. The molecule has 0 aliphatic heterocycles. The van der Waals surface area contributed by atoms with Crippen molar-refractivity contribution in [2.75, 3.05) is 7.11 Å². The van der Waals surface area contributed by atoms with Crippen LogP contribution in [-0.2, 0) is 0 Å². The number of hydrogen-bond acceptors (Lipinski definition) is 2. The molecule has 0 saturated heterocycles. The minimum absolute atomic E-state index is 0.556. The van der Waals surface area contributed by atoms with E-state index < -0.39 is 0 Å². The van der Waals surface area contributed by atoms with Crippen molar-refractivity contribution < 1.29 is 4.74 Å². The molecule has 12 heavy (non-hydrogen) atoms. The molecule has 0 aliphatic carbocycles. The van der Waals surface area contributed by atoms with E-state index in [0.717, 1.165) is 5.56 Å². The first kappa shape index (κ1) is 8.35. The number of rotatable bonds is 2. The summed E-state index contributed by atoms with van der Waals surface area (Å²) in [5.74, 6) is 0.653. The molecular formula is C10H8NO. The Morgan fingerprint density at radius 1 is 1.33 bits per heavy atom. The topological polar surface area (TPSA) is 33.0 Å². The first-order valence-electron chi connectivity index (χ1n) is 3.42. The van der Waals surface area contributed by atoms with Crippen molar-refractivity contribution in [3.8, 4) is 11.8 Å². The van der Waals surface area contributed by atoms with Crippen molar-refractivity contribution in [1.29, 1.82) is 5.26 Å². The lowest BCUT2D eigenvalue weighted by Crippen LogP contribution is -1.86. The van der Waals surface area contributed by atoms with Crippen molar-refractivity contribution in [2.45, 2.75) is 0 Å². The van der Waals surface area contributed by atoms with Crippen LogP contribution in [0.5, 0.6) is 5.75 Å². The van der Waals surface area contributed by atoms with Gasteiger partial charge in [0.25, 0.3) is 0 Å². The van der Waals surface area contributed by atoms with Crippen LogP contribution in [-0.4, -0.2) is 7.11 Å². The van der Waals surface area contributed by atoms with Gasteiger partial charge in [-0.15, -0.1) is 0 Å². The van der Waals surface area contributed by atoms with E-state index in [1.807, 2.05) is 6.07 Å². The molecule has 0 saturated carbocycles. The number of ether oxygens (including phenoxy) is 1. The second-order valence-electron chi connectivity index (χ2n) is 2.24. The molecule has 1 radical (unpaired) electrons. The molecule has 0 spiro atoms. The third kappa shape index (κ3) is 1.64. The van der Waals surface area contributed by atoms with E-state index in [-0.39, 0.29) is 0 Å². The predicted octanol–water partition coefficient (Wildman–Crippen LogP) is 1.90. The van der Waals surface area contributed by atoms with E-state index in [9.17, 15) is 0 Å². The normalized spacial score (nSPS) is 8.67. The Balaban J connectivity index is 3.21. The van der Waals surface area contributed by atoms with Crippen LogP contribution < -0.4 is 4.74 Å². The van der Waals surface area contributed by atoms with Crippen LogP contribution in [0.15, 0.2) is 24.8 Å². The zero-order valence-electron chi connectivity index (χ0n) is 6.79. The lowest BCUT2D eigenvalue weighted by molar-refractivity contribution is 0.414. The van der Waals surface area contributed by atoms with Crippen molar-refractivity contribution in [3.05, 3.63) is 42.0 Å². The average molecular weight is 158 g/mol. The van der Waals surface area contributed by atoms with Crippen molar-refractivity contribution in [2.24, 2.45) is 0 Å². The molecule has 0 bridgehead atoms. The molecule has 0 aliphatic rings. The maximum absolute atomic E-state index is 8.62. The summed E-state index contributed by atoms with van der Waals surface area (Å²) in [7, 11) is 1.56. The third-order valence-corrected chi connectivity index (χ3v) is 1.48. The highest BCUT2D eigenvalue weighted by molar-refractivity contribution is 5.42. The van der Waals surface area contributed by atoms with Gasteiger partial charge in [0, 0.05) is 0 Å². The Morgan fingerprint density at radius 2 is 2.00 bits per heavy atom. The predicted molar refractivity (Wildman–Crippen MR) is 45.7 cm³/mol. The fourth-order valence-corrected chi connectivity index (χ4v) is 0.884. The number of methoxy groups -OCH3 is 1. The number of benzene rings is 1. The second kappa shape index (κ2) is 3.59. The highest BCUT2D eigenvalue weighted by Crippen LogP contribution is 2.15. The maximum atomic E-state index is 8.62. The molecule has 2 nitrogen and oxygen atoms in total. The summed E-state index contributed by atoms with van der Waals surface area (Å²) >= 11 is 0. The molecule has 0 fully saturated rings. The first-order valence-corrected chi connectivity index (χ1v) is 3.42. The van der Waals surface area contributed by atoms with Gasteiger partial charge in [0.2, 0.25) is 0 Å². The lowest BCUT2D eigenvalue weighted by Gasteiger charge is -2.00. The minimum Gasteiger partial charge on any atom is -0.497 e. The first-order chi connectivity index (χ1) is 5.80. The quantitative estimate of drug-likeness (QED) is 0.658. The van der Waals surface area contributed by atoms with E-state index in [1.165, 1.54) is 0 Å². The molecule has 0 N–H and O–H groups in total. The van der Waals surface area contributed by atoms with Gasteiger partial charge < -0.3 is 4.74 Å². The molecule has 1 aromatic rings. The molecule has 2 heteroatoms. The monoisotopic (exact) mass is 158 g/mol. The highest BCUT2D eigenvalue weighted by atomic mass is 16.5. The number of nitrogens with zero attached hydrogens (tertiary/aromatic N) is 1. The van der Waals surface area contributed by atoms with Crippen LogP contribution in [0, 0.1) is 17.4 Å². The van der Waals surface area contributed by atoms with Gasteiger partial charge in [-0.25, -0.2) is 0 Å². The van der Waals surface area contributed by atoms with E-state index in [1.54, 1.807) is 25.3 Å². The summed E-state index contributed by atoms with van der Waals surface area (Å²) in [5, 5.41) is 8.62. The van der Waals surface area contributed by atoms with Crippen LogP contribution in [0.2, 0.25) is 0 Å². The Hall–Kier alpha value is -1.75. The molecule has 0 heterocycles. The van der Waals surface area contributed by atoms with Gasteiger partial charge in [0.1, 0.15) is 5.75 Å². The number of hydrogen-bond donors (Lipinski definition) is 0. The average Bonchev–Trinajstić information content (AvgIpc) is 2.16. The minimum atomic E-state index is 0.556. The van der Waals surface area contributed by atoms with Crippen molar-refractivity contribution >= 4 is 0 Å². The number of nitriles is 1. The maximum Gasteiger partial charge on any atom is 0.120 e. The summed E-state index contributed by atoms with van der Waals surface area (Å²) in [6.45, 7) is 3.49. The van der Waals surface area contributed by atoms with E-state index in [2.05, 4.69) is 12.7 Å². The van der Waals surface area contributed by atoms with Crippen molar-refractivity contribution in [3.63, 3.8) is 0 Å². The largest absolute Gasteiger partial charge is 0.497 e. The molecule has 0 atom stereocenters. The van der Waals surface area contributed by atoms with Gasteiger partial charge in [-0.1, -0.05) is 6.58 Å². The Kier molecular flexibility index (Phi) is 2.49. The molecule has 1 aromatic carbocycles. The molecule has 59 valence electrons. The van der Waals surface area contributed by atoms with Crippen LogP contribution in [0.4, 0.5) is 0 Å². The highest BCUT2D eigenvalue weighted by Gasteiger charge is 1.97. The SMILES string of the molecule is C=[C]c1cc(C#N)cc(OC)c1. The summed E-state index contributed by atoms with van der Waals surface area (Å²) in [6, 6.07) is 7.17. The summed E-state index contributed by atoms with van der Waals surface area (Å²) in [4.78, 5) is 0. The lowest BCUT2D eigenvalue weighted by atomic mass is 10.1. The zero-order chi connectivity index (χ0) is 8.97. The molecule has 1 rings (SSSR count). The summed E-state index contributed by atoms with van der Waals surface area (Å²) < 4.78 is 4.98. The van der Waals surface area contributed by atoms with Crippen LogP contribution in [0.3, 0.4) is 0 Å². The molecular weight excluding hydrogens is 150 g/mol. The van der Waals surface area contributed by atoms with Crippen molar-refractivity contribution in [1.82, 2.24) is 0 Å². The van der Waals surface area contributed by atoms with Gasteiger partial charge >= 0.3 is 0 Å². The molecule has 0 aromatic heterocycles. The van der Waals surface area contributed by atoms with Crippen LogP contribution in [0.25, 0.3) is 0 Å². The Bertz CT molecular complexity index is 336. The smallest absolute Gasteiger partial charge is 0.120 e. The van der Waals surface area contributed by atoms with Gasteiger partial charge in [-0.3, -0.25) is 0 Å². The summed E-state index contributed by atoms with van der Waals surface area (Å²) in [6.07, 6.45) is 2.70. The third-order valence-electron chi connectivity index (χ3n) is 1.48. The standard InChI is InChI=1S/C10H8NO/c1-3-8-4-9(7-11)6-10(5-8)12-2/h4-6H,1H2,2H3. The Morgan fingerprint density at radius 3 is 2.50 bits per heavy atom. The van der Waals surface area contributed by atoms with Crippen LogP contribution in [0.1, 0.15) is 11.1 Å². The van der Waals surface area contributed by atoms with E-state index in [4.69, 9.17) is 10.00 Å². The fraction of sp³-hybridized carbons (Fsp3) is 0.100. The van der Waals surface area contributed by atoms with Gasteiger partial charge in [-0.2, -0.15) is 5.26 Å². The van der Waals surface area contributed by atoms with Crippen LogP contribution >= 0.6 is 0 Å². The van der Waals surface area contributed by atoms with E-state index >= 15 is 0 Å².